The second-order valence-electron chi connectivity index (χ2n) is 6.66. The molecule has 4 nitrogen and oxygen atoms in total. The zero-order chi connectivity index (χ0) is 17.8. The highest BCUT2D eigenvalue weighted by molar-refractivity contribution is 9.10. The number of benzene rings is 1. The Morgan fingerprint density at radius 1 is 1.40 bits per heavy atom. The molecule has 0 spiro atoms. The van der Waals surface area contributed by atoms with Gasteiger partial charge in [-0.15, -0.1) is 11.3 Å². The molecule has 3 rings (SSSR count). The van der Waals surface area contributed by atoms with Gasteiger partial charge in [0.2, 0.25) is 5.91 Å². The molecule has 134 valence electrons. The number of carbonyl (C=O) groups excluding carboxylic acids is 1. The summed E-state index contributed by atoms with van der Waals surface area (Å²) in [5, 5.41) is 6.42. The number of likely N-dealkylation sites (tertiary alicyclic amines) is 1. The van der Waals surface area contributed by atoms with Crippen LogP contribution in [0.15, 0.2) is 34.1 Å². The molecule has 1 saturated heterocycles. The monoisotopic (exact) mass is 421 g/mol. The lowest BCUT2D eigenvalue weighted by Crippen LogP contribution is -2.41. The topological polar surface area (TPSA) is 45.2 Å². The molecular weight excluding hydrogens is 398 g/mol. The SMILES string of the molecule is Cc1nc(CN2CCC(C(=O)NC(C)c3ccccc3Br)CC2)cs1. The summed E-state index contributed by atoms with van der Waals surface area (Å²) in [6.07, 6.45) is 1.83. The summed E-state index contributed by atoms with van der Waals surface area (Å²) in [6.45, 7) is 6.89. The first-order chi connectivity index (χ1) is 12.0. The van der Waals surface area contributed by atoms with E-state index in [9.17, 15) is 4.79 Å². The molecule has 1 fully saturated rings. The molecule has 0 saturated carbocycles. The van der Waals surface area contributed by atoms with Gasteiger partial charge < -0.3 is 5.32 Å². The number of nitrogens with zero attached hydrogens (tertiary/aromatic N) is 2. The van der Waals surface area contributed by atoms with Crippen molar-refractivity contribution in [3.63, 3.8) is 0 Å². The number of rotatable bonds is 5. The number of hydrogen-bond donors (Lipinski definition) is 1. The van der Waals surface area contributed by atoms with Crippen molar-refractivity contribution < 1.29 is 4.79 Å². The van der Waals surface area contributed by atoms with E-state index in [0.29, 0.717) is 0 Å². The zero-order valence-corrected chi connectivity index (χ0v) is 17.1. The Morgan fingerprint density at radius 3 is 2.76 bits per heavy atom. The predicted molar refractivity (Wildman–Crippen MR) is 106 cm³/mol. The van der Waals surface area contributed by atoms with Crippen molar-refractivity contribution in [2.24, 2.45) is 5.92 Å². The number of carbonyl (C=O) groups is 1. The minimum Gasteiger partial charge on any atom is -0.349 e. The Morgan fingerprint density at radius 2 is 2.12 bits per heavy atom. The molecule has 2 aromatic rings. The number of halogens is 1. The number of nitrogens with one attached hydrogen (secondary N) is 1. The maximum Gasteiger partial charge on any atom is 0.223 e. The van der Waals surface area contributed by atoms with E-state index in [1.54, 1.807) is 11.3 Å². The van der Waals surface area contributed by atoms with Crippen molar-refractivity contribution in [3.05, 3.63) is 50.4 Å². The molecule has 1 aromatic carbocycles. The van der Waals surface area contributed by atoms with Crippen LogP contribution in [0.1, 0.15) is 42.1 Å². The van der Waals surface area contributed by atoms with Crippen LogP contribution in [0.2, 0.25) is 0 Å². The Balaban J connectivity index is 1.49. The van der Waals surface area contributed by atoms with Crippen molar-refractivity contribution in [1.29, 1.82) is 0 Å². The fourth-order valence-corrected chi connectivity index (χ4v) is 4.53. The van der Waals surface area contributed by atoms with Crippen LogP contribution >= 0.6 is 27.3 Å². The highest BCUT2D eigenvalue weighted by atomic mass is 79.9. The lowest BCUT2D eigenvalue weighted by Gasteiger charge is -2.31. The van der Waals surface area contributed by atoms with Gasteiger partial charge in [-0.2, -0.15) is 0 Å². The lowest BCUT2D eigenvalue weighted by atomic mass is 9.95. The van der Waals surface area contributed by atoms with E-state index in [4.69, 9.17) is 0 Å². The highest BCUT2D eigenvalue weighted by Crippen LogP contribution is 2.25. The number of aromatic nitrogens is 1. The number of aryl methyl sites for hydroxylation is 1. The van der Waals surface area contributed by atoms with Gasteiger partial charge >= 0.3 is 0 Å². The van der Waals surface area contributed by atoms with Gasteiger partial charge in [-0.3, -0.25) is 9.69 Å². The average molecular weight is 422 g/mol. The Hall–Kier alpha value is -1.24. The summed E-state index contributed by atoms with van der Waals surface area (Å²) in [4.78, 5) is 19.5. The number of amides is 1. The number of thiazole rings is 1. The zero-order valence-electron chi connectivity index (χ0n) is 14.7. The van der Waals surface area contributed by atoms with E-state index in [2.05, 4.69) is 36.5 Å². The maximum atomic E-state index is 12.6. The molecule has 0 aliphatic carbocycles. The quantitative estimate of drug-likeness (QED) is 0.782. The lowest BCUT2D eigenvalue weighted by molar-refractivity contribution is -0.127. The smallest absolute Gasteiger partial charge is 0.223 e. The third kappa shape index (κ3) is 4.90. The summed E-state index contributed by atoms with van der Waals surface area (Å²) >= 11 is 5.26. The van der Waals surface area contributed by atoms with Crippen molar-refractivity contribution in [1.82, 2.24) is 15.2 Å². The molecule has 1 amide bonds. The standard InChI is InChI=1S/C19H24BrN3OS/c1-13(17-5-3-4-6-18(17)20)21-19(24)15-7-9-23(10-8-15)11-16-12-25-14(2)22-16/h3-6,12-13,15H,7-11H2,1-2H3,(H,21,24). The fraction of sp³-hybridized carbons (Fsp3) is 0.474. The van der Waals surface area contributed by atoms with Gasteiger partial charge in [-0.25, -0.2) is 4.98 Å². The van der Waals surface area contributed by atoms with Crippen LogP contribution in [0.4, 0.5) is 0 Å². The molecule has 0 bridgehead atoms. The first-order valence-corrected chi connectivity index (χ1v) is 10.4. The van der Waals surface area contributed by atoms with Gasteiger partial charge in [0.25, 0.3) is 0 Å². The van der Waals surface area contributed by atoms with E-state index in [-0.39, 0.29) is 17.9 Å². The average Bonchev–Trinajstić information content (AvgIpc) is 3.00. The van der Waals surface area contributed by atoms with E-state index in [1.807, 2.05) is 38.1 Å². The van der Waals surface area contributed by atoms with Gasteiger partial charge in [0.1, 0.15) is 0 Å². The first kappa shape index (κ1) is 18.5. The van der Waals surface area contributed by atoms with Crippen molar-refractivity contribution in [3.8, 4) is 0 Å². The van der Waals surface area contributed by atoms with Gasteiger partial charge in [0.05, 0.1) is 16.7 Å². The normalized spacial score (nSPS) is 17.4. The van der Waals surface area contributed by atoms with Crippen LogP contribution in [0.25, 0.3) is 0 Å². The minimum atomic E-state index is 0.0130. The molecule has 1 aliphatic rings. The molecule has 1 aromatic heterocycles. The molecule has 1 aliphatic heterocycles. The Kier molecular flexibility index (Phi) is 6.25. The summed E-state index contributed by atoms with van der Waals surface area (Å²) in [5.41, 5.74) is 2.26. The minimum absolute atomic E-state index is 0.0130. The molecule has 1 unspecified atom stereocenters. The first-order valence-electron chi connectivity index (χ1n) is 8.71. The van der Waals surface area contributed by atoms with Gasteiger partial charge in [-0.1, -0.05) is 34.1 Å². The molecule has 6 heteroatoms. The van der Waals surface area contributed by atoms with Crippen LogP contribution in [0.3, 0.4) is 0 Å². The van der Waals surface area contributed by atoms with E-state index in [0.717, 1.165) is 53.2 Å². The second kappa shape index (κ2) is 8.43. The second-order valence-corrected chi connectivity index (χ2v) is 8.58. The van der Waals surface area contributed by atoms with Crippen LogP contribution < -0.4 is 5.32 Å². The number of piperidine rings is 1. The van der Waals surface area contributed by atoms with Crippen molar-refractivity contribution in [2.45, 2.75) is 39.3 Å². The van der Waals surface area contributed by atoms with Gasteiger partial charge in [-0.05, 0) is 51.4 Å². The van der Waals surface area contributed by atoms with Crippen LogP contribution in [-0.2, 0) is 11.3 Å². The van der Waals surface area contributed by atoms with E-state index >= 15 is 0 Å². The Labute approximate surface area is 161 Å². The van der Waals surface area contributed by atoms with Crippen LogP contribution in [0.5, 0.6) is 0 Å². The molecule has 2 heterocycles. The fourth-order valence-electron chi connectivity index (χ4n) is 3.30. The Bertz CT molecular complexity index is 725. The van der Waals surface area contributed by atoms with Crippen LogP contribution in [0, 0.1) is 12.8 Å². The molecule has 0 radical (unpaired) electrons. The number of hydrogen-bond acceptors (Lipinski definition) is 4. The molecule has 1 N–H and O–H groups in total. The predicted octanol–water partition coefficient (Wildman–Crippen LogP) is 4.30. The summed E-state index contributed by atoms with van der Waals surface area (Å²) in [6, 6.07) is 8.06. The molecule has 25 heavy (non-hydrogen) atoms. The van der Waals surface area contributed by atoms with E-state index in [1.165, 1.54) is 0 Å². The van der Waals surface area contributed by atoms with Crippen molar-refractivity contribution in [2.75, 3.05) is 13.1 Å². The summed E-state index contributed by atoms with van der Waals surface area (Å²) < 4.78 is 1.04. The van der Waals surface area contributed by atoms with E-state index < -0.39 is 0 Å². The van der Waals surface area contributed by atoms with Gasteiger partial charge in [0.15, 0.2) is 0 Å². The van der Waals surface area contributed by atoms with Gasteiger partial charge in [0, 0.05) is 22.3 Å². The molecular formula is C19H24BrN3OS. The third-order valence-electron chi connectivity index (χ3n) is 4.74. The third-order valence-corrected chi connectivity index (χ3v) is 6.29. The summed E-state index contributed by atoms with van der Waals surface area (Å²) in [7, 11) is 0. The highest BCUT2D eigenvalue weighted by Gasteiger charge is 2.26. The largest absolute Gasteiger partial charge is 0.349 e. The van der Waals surface area contributed by atoms with Crippen LogP contribution in [-0.4, -0.2) is 28.9 Å². The molecule has 1 atom stereocenters. The maximum absolute atomic E-state index is 12.6. The summed E-state index contributed by atoms with van der Waals surface area (Å²) in [5.74, 6) is 0.283. The van der Waals surface area contributed by atoms with Crippen molar-refractivity contribution >= 4 is 33.2 Å².